The van der Waals surface area contributed by atoms with E-state index in [9.17, 15) is 14.4 Å². The summed E-state index contributed by atoms with van der Waals surface area (Å²) in [6, 6.07) is -0.582. The highest BCUT2D eigenvalue weighted by molar-refractivity contribution is 5.99. The maximum absolute atomic E-state index is 11.6. The van der Waals surface area contributed by atoms with Gasteiger partial charge in [0.15, 0.2) is 0 Å². The third-order valence-electron chi connectivity index (χ3n) is 3.02. The van der Waals surface area contributed by atoms with Crippen LogP contribution in [0.5, 0.6) is 0 Å². The first-order valence-electron chi connectivity index (χ1n) is 6.58. The molecule has 1 aliphatic heterocycles. The summed E-state index contributed by atoms with van der Waals surface area (Å²) < 4.78 is 5.06. The summed E-state index contributed by atoms with van der Waals surface area (Å²) in [5.41, 5.74) is 0. The third-order valence-corrected chi connectivity index (χ3v) is 3.02. The summed E-state index contributed by atoms with van der Waals surface area (Å²) in [7, 11) is 0. The van der Waals surface area contributed by atoms with Crippen LogP contribution < -0.4 is 5.32 Å². The zero-order valence-electron chi connectivity index (χ0n) is 11.0. The second-order valence-electron chi connectivity index (χ2n) is 4.64. The number of amides is 1. The number of cyclic esters (lactones) is 1. The lowest BCUT2D eigenvalue weighted by Crippen LogP contribution is -2.38. The summed E-state index contributed by atoms with van der Waals surface area (Å²) in [6.07, 6.45) is 3.16. The van der Waals surface area contributed by atoms with E-state index in [-0.39, 0.29) is 24.2 Å². The molecule has 1 saturated heterocycles. The number of rotatable bonds is 7. The molecule has 0 aromatic carbocycles. The van der Waals surface area contributed by atoms with Crippen LogP contribution in [-0.4, -0.2) is 29.8 Å². The molecular weight excluding hydrogens is 234 g/mol. The monoisotopic (exact) mass is 255 g/mol. The number of unbranched alkanes of at least 4 members (excludes halogenated alkanes) is 1. The number of ketones is 1. The smallest absolute Gasteiger partial charge is 0.329 e. The van der Waals surface area contributed by atoms with Crippen molar-refractivity contribution in [3.63, 3.8) is 0 Å². The molecule has 1 fully saturated rings. The topological polar surface area (TPSA) is 72.5 Å². The Kier molecular flexibility index (Phi) is 5.82. The van der Waals surface area contributed by atoms with E-state index in [1.807, 2.05) is 13.8 Å². The van der Waals surface area contributed by atoms with Gasteiger partial charge in [-0.3, -0.25) is 9.59 Å². The average Bonchev–Trinajstić information content (AvgIpc) is 2.67. The van der Waals surface area contributed by atoms with Crippen molar-refractivity contribution in [2.45, 2.75) is 64.5 Å². The van der Waals surface area contributed by atoms with Gasteiger partial charge in [-0.25, -0.2) is 4.79 Å². The SMILES string of the molecule is CCCCC(=O)CC(=O)NC1CC(CC)OC1=O. The van der Waals surface area contributed by atoms with Crippen LogP contribution in [0.25, 0.3) is 0 Å². The van der Waals surface area contributed by atoms with Crippen molar-refractivity contribution in [1.29, 1.82) is 0 Å². The van der Waals surface area contributed by atoms with Gasteiger partial charge in [0, 0.05) is 12.8 Å². The van der Waals surface area contributed by atoms with Crippen molar-refractivity contribution >= 4 is 17.7 Å². The van der Waals surface area contributed by atoms with Gasteiger partial charge in [-0.2, -0.15) is 0 Å². The van der Waals surface area contributed by atoms with Crippen molar-refractivity contribution in [1.82, 2.24) is 5.32 Å². The van der Waals surface area contributed by atoms with Crippen molar-refractivity contribution in [3.8, 4) is 0 Å². The number of Topliss-reactive ketones (excluding diaryl/α,β-unsaturated/α-hetero) is 1. The molecule has 0 aliphatic carbocycles. The molecule has 1 rings (SSSR count). The number of carbonyl (C=O) groups excluding carboxylic acids is 3. The zero-order chi connectivity index (χ0) is 13.5. The van der Waals surface area contributed by atoms with Crippen molar-refractivity contribution in [3.05, 3.63) is 0 Å². The minimum absolute atomic E-state index is 0.0762. The molecule has 5 nitrogen and oxygen atoms in total. The fourth-order valence-corrected chi connectivity index (χ4v) is 1.91. The van der Waals surface area contributed by atoms with Gasteiger partial charge in [-0.05, 0) is 12.8 Å². The van der Waals surface area contributed by atoms with E-state index in [0.29, 0.717) is 12.8 Å². The van der Waals surface area contributed by atoms with Crippen LogP contribution in [0.1, 0.15) is 52.4 Å². The number of ether oxygens (including phenoxy) is 1. The Balaban J connectivity index is 2.32. The van der Waals surface area contributed by atoms with E-state index in [2.05, 4.69) is 5.32 Å². The molecule has 1 heterocycles. The second kappa shape index (κ2) is 7.13. The predicted molar refractivity (Wildman–Crippen MR) is 65.9 cm³/mol. The maximum atomic E-state index is 11.6. The van der Waals surface area contributed by atoms with Crippen molar-refractivity contribution < 1.29 is 19.1 Å². The molecule has 0 aromatic rings. The Morgan fingerprint density at radius 1 is 1.39 bits per heavy atom. The van der Waals surface area contributed by atoms with Crippen LogP contribution in [0.15, 0.2) is 0 Å². The Bertz CT molecular complexity index is 327. The normalized spacial score (nSPS) is 22.7. The molecule has 2 unspecified atom stereocenters. The molecule has 1 amide bonds. The molecule has 1 N–H and O–H groups in total. The number of hydrogen-bond acceptors (Lipinski definition) is 4. The quantitative estimate of drug-likeness (QED) is 0.550. The van der Waals surface area contributed by atoms with E-state index in [1.165, 1.54) is 0 Å². The molecule has 0 saturated carbocycles. The Morgan fingerprint density at radius 2 is 2.11 bits per heavy atom. The van der Waals surface area contributed by atoms with Crippen LogP contribution in [0.4, 0.5) is 0 Å². The number of esters is 1. The van der Waals surface area contributed by atoms with Crippen LogP contribution >= 0.6 is 0 Å². The zero-order valence-corrected chi connectivity index (χ0v) is 11.0. The second-order valence-corrected chi connectivity index (χ2v) is 4.64. The fraction of sp³-hybridized carbons (Fsp3) is 0.769. The van der Waals surface area contributed by atoms with Gasteiger partial charge in [-0.15, -0.1) is 0 Å². The van der Waals surface area contributed by atoms with Gasteiger partial charge in [0.1, 0.15) is 17.9 Å². The van der Waals surface area contributed by atoms with E-state index >= 15 is 0 Å². The van der Waals surface area contributed by atoms with Gasteiger partial charge in [0.05, 0.1) is 6.42 Å². The molecule has 0 aromatic heterocycles. The highest BCUT2D eigenvalue weighted by atomic mass is 16.6. The molecule has 18 heavy (non-hydrogen) atoms. The lowest BCUT2D eigenvalue weighted by atomic mass is 10.1. The molecule has 0 bridgehead atoms. The molecule has 102 valence electrons. The lowest BCUT2D eigenvalue weighted by Gasteiger charge is -2.08. The first-order valence-corrected chi connectivity index (χ1v) is 6.58. The molecule has 2 atom stereocenters. The van der Waals surface area contributed by atoms with E-state index in [1.54, 1.807) is 0 Å². The van der Waals surface area contributed by atoms with E-state index in [4.69, 9.17) is 4.74 Å². The minimum atomic E-state index is -0.582. The molecule has 0 spiro atoms. The van der Waals surface area contributed by atoms with Crippen LogP contribution in [-0.2, 0) is 19.1 Å². The molecular formula is C13H21NO4. The highest BCUT2D eigenvalue weighted by Gasteiger charge is 2.34. The third kappa shape index (κ3) is 4.47. The largest absolute Gasteiger partial charge is 0.461 e. The summed E-state index contributed by atoms with van der Waals surface area (Å²) in [5, 5.41) is 2.57. The number of nitrogens with one attached hydrogen (secondary N) is 1. The van der Waals surface area contributed by atoms with Gasteiger partial charge in [0.2, 0.25) is 5.91 Å². The van der Waals surface area contributed by atoms with Crippen molar-refractivity contribution in [2.75, 3.05) is 0 Å². The molecule has 0 radical (unpaired) electrons. The molecule has 5 heteroatoms. The highest BCUT2D eigenvalue weighted by Crippen LogP contribution is 2.17. The van der Waals surface area contributed by atoms with E-state index in [0.717, 1.165) is 19.3 Å². The van der Waals surface area contributed by atoms with Gasteiger partial charge >= 0.3 is 5.97 Å². The van der Waals surface area contributed by atoms with Gasteiger partial charge < -0.3 is 10.1 Å². The minimum Gasteiger partial charge on any atom is -0.461 e. The van der Waals surface area contributed by atoms with E-state index < -0.39 is 12.0 Å². The number of carbonyl (C=O) groups is 3. The maximum Gasteiger partial charge on any atom is 0.329 e. The Labute approximate surface area is 107 Å². The Hall–Kier alpha value is -1.39. The average molecular weight is 255 g/mol. The van der Waals surface area contributed by atoms with Crippen molar-refractivity contribution in [2.24, 2.45) is 0 Å². The lowest BCUT2D eigenvalue weighted by molar-refractivity contribution is -0.144. The number of hydrogen-bond donors (Lipinski definition) is 1. The molecule has 1 aliphatic rings. The Morgan fingerprint density at radius 3 is 2.67 bits per heavy atom. The van der Waals surface area contributed by atoms with Crippen LogP contribution in [0, 0.1) is 0 Å². The van der Waals surface area contributed by atoms with Gasteiger partial charge in [0.25, 0.3) is 0 Å². The van der Waals surface area contributed by atoms with Crippen LogP contribution in [0.2, 0.25) is 0 Å². The first kappa shape index (κ1) is 14.7. The first-order chi connectivity index (χ1) is 8.56. The summed E-state index contributed by atoms with van der Waals surface area (Å²) in [5.74, 6) is -0.848. The fourth-order valence-electron chi connectivity index (χ4n) is 1.91. The predicted octanol–water partition coefficient (Wildman–Crippen LogP) is 1.35. The summed E-state index contributed by atoms with van der Waals surface area (Å²) in [6.45, 7) is 3.92. The standard InChI is InChI=1S/C13H21NO4/c1-3-5-6-9(15)7-12(16)14-11-8-10(4-2)18-13(11)17/h10-11H,3-8H2,1-2H3,(H,14,16). The van der Waals surface area contributed by atoms with Gasteiger partial charge in [-0.1, -0.05) is 20.3 Å². The summed E-state index contributed by atoms with van der Waals surface area (Å²) >= 11 is 0. The van der Waals surface area contributed by atoms with Crippen LogP contribution in [0.3, 0.4) is 0 Å². The summed E-state index contributed by atoms with van der Waals surface area (Å²) in [4.78, 5) is 34.4.